The summed E-state index contributed by atoms with van der Waals surface area (Å²) >= 11 is 1.73. The Hall–Kier alpha value is -1.28. The summed E-state index contributed by atoms with van der Waals surface area (Å²) in [4.78, 5) is 42.0. The molecule has 31 heavy (non-hydrogen) atoms. The lowest BCUT2D eigenvalue weighted by atomic mass is 9.66. The van der Waals surface area contributed by atoms with E-state index in [0.29, 0.717) is 13.0 Å². The Labute approximate surface area is 189 Å². The van der Waals surface area contributed by atoms with Gasteiger partial charge in [-0.2, -0.15) is 0 Å². The second kappa shape index (κ2) is 9.30. The van der Waals surface area contributed by atoms with Gasteiger partial charge >= 0.3 is 0 Å². The third-order valence-corrected chi connectivity index (χ3v) is 10.1. The molecule has 6 atom stereocenters. The fourth-order valence-corrected chi connectivity index (χ4v) is 9.05. The molecule has 3 aliphatic heterocycles. The molecule has 3 unspecified atom stereocenters. The summed E-state index contributed by atoms with van der Waals surface area (Å²) in [7, 11) is 1.63. The second-order valence-corrected chi connectivity index (χ2v) is 11.4. The molecule has 174 valence electrons. The van der Waals surface area contributed by atoms with Crippen molar-refractivity contribution in [3.63, 3.8) is 0 Å². The summed E-state index contributed by atoms with van der Waals surface area (Å²) in [6.07, 6.45) is 8.66. The first-order valence-corrected chi connectivity index (χ1v) is 12.9. The maximum Gasteiger partial charge on any atom is 0.244 e. The first-order valence-electron chi connectivity index (χ1n) is 12.1. The first-order chi connectivity index (χ1) is 15.0. The predicted molar refractivity (Wildman–Crippen MR) is 120 cm³/mol. The van der Waals surface area contributed by atoms with Crippen molar-refractivity contribution < 1.29 is 19.5 Å². The van der Waals surface area contributed by atoms with Crippen molar-refractivity contribution >= 4 is 29.5 Å². The van der Waals surface area contributed by atoms with Gasteiger partial charge in [0.15, 0.2) is 0 Å². The van der Waals surface area contributed by atoms with Gasteiger partial charge in [0, 0.05) is 31.5 Å². The molecule has 0 radical (unpaired) electrons. The number of hydrogen-bond acceptors (Lipinski definition) is 5. The summed E-state index contributed by atoms with van der Waals surface area (Å²) < 4.78 is -0.519. The van der Waals surface area contributed by atoms with Crippen molar-refractivity contribution in [3.05, 3.63) is 0 Å². The Balaban J connectivity index is 1.63. The van der Waals surface area contributed by atoms with Gasteiger partial charge < -0.3 is 20.6 Å². The molecule has 8 heteroatoms. The fourth-order valence-electron chi connectivity index (χ4n) is 6.62. The lowest BCUT2D eigenvalue weighted by molar-refractivity contribution is -0.140. The van der Waals surface area contributed by atoms with Crippen molar-refractivity contribution in [2.75, 3.05) is 20.2 Å². The summed E-state index contributed by atoms with van der Waals surface area (Å²) in [5.74, 6) is -0.692. The van der Waals surface area contributed by atoms with Crippen LogP contribution in [0.2, 0.25) is 0 Å². The summed E-state index contributed by atoms with van der Waals surface area (Å²) in [6, 6.07) is -0.322. The number of fused-ring (bicyclic) bond motifs is 1. The van der Waals surface area contributed by atoms with Gasteiger partial charge in [0.05, 0.1) is 16.6 Å². The Morgan fingerprint density at radius 3 is 2.58 bits per heavy atom. The largest absolute Gasteiger partial charge is 0.396 e. The number of amides is 3. The minimum Gasteiger partial charge on any atom is -0.396 e. The molecule has 1 saturated carbocycles. The SMILES string of the molecule is CNC(=O)[C@@H]1[C@H]2C(=O)N(CCCCCO)C(C(=O)NC3CCCCC3)C23S[C@@H]1CC3C. The Morgan fingerprint density at radius 1 is 1.16 bits per heavy atom. The number of thioether (sulfide) groups is 1. The third-order valence-electron chi connectivity index (χ3n) is 8.05. The monoisotopic (exact) mass is 451 g/mol. The molecule has 4 rings (SSSR count). The molecule has 0 aromatic carbocycles. The van der Waals surface area contributed by atoms with E-state index in [1.54, 1.807) is 23.7 Å². The highest BCUT2D eigenvalue weighted by Crippen LogP contribution is 2.68. The number of hydrogen-bond donors (Lipinski definition) is 3. The molecule has 3 saturated heterocycles. The molecular formula is C23H37N3O4S. The van der Waals surface area contributed by atoms with Crippen LogP contribution < -0.4 is 10.6 Å². The molecule has 0 aromatic heterocycles. The Bertz CT molecular complexity index is 713. The lowest BCUT2D eigenvalue weighted by Crippen LogP contribution is -2.58. The quantitative estimate of drug-likeness (QED) is 0.488. The van der Waals surface area contributed by atoms with Crippen molar-refractivity contribution in [1.82, 2.24) is 15.5 Å². The van der Waals surface area contributed by atoms with Gasteiger partial charge in [0.2, 0.25) is 17.7 Å². The second-order valence-electron chi connectivity index (χ2n) is 9.83. The number of aliphatic hydroxyl groups is 1. The van der Waals surface area contributed by atoms with E-state index in [-0.39, 0.29) is 47.5 Å². The third kappa shape index (κ3) is 3.77. The zero-order valence-corrected chi connectivity index (χ0v) is 19.6. The summed E-state index contributed by atoms with van der Waals surface area (Å²) in [6.45, 7) is 2.81. The van der Waals surface area contributed by atoms with Crippen LogP contribution in [0.15, 0.2) is 0 Å². The number of carbonyl (C=O) groups excluding carboxylic acids is 3. The normalized spacial score (nSPS) is 37.2. The summed E-state index contributed by atoms with van der Waals surface area (Å²) in [5.41, 5.74) is 0. The molecule has 2 bridgehead atoms. The van der Waals surface area contributed by atoms with E-state index < -0.39 is 16.7 Å². The number of carbonyl (C=O) groups is 3. The minimum absolute atomic E-state index is 0.0251. The highest BCUT2D eigenvalue weighted by molar-refractivity contribution is 8.02. The molecule has 3 N–H and O–H groups in total. The maximum absolute atomic E-state index is 13.7. The smallest absolute Gasteiger partial charge is 0.244 e. The van der Waals surface area contributed by atoms with Crippen LogP contribution in [0.4, 0.5) is 0 Å². The van der Waals surface area contributed by atoms with Crippen LogP contribution in [0, 0.1) is 17.8 Å². The van der Waals surface area contributed by atoms with E-state index in [9.17, 15) is 14.4 Å². The van der Waals surface area contributed by atoms with Crippen molar-refractivity contribution in [2.24, 2.45) is 17.8 Å². The standard InChI is InChI=1S/C23H37N3O4S/c1-14-13-16-17(20(28)24-2)18-22(30)26(11-7-4-8-12-27)19(23(14,18)31-16)21(29)25-15-9-5-3-6-10-15/h14-19,27H,3-13H2,1-2H3,(H,24,28)(H,25,29)/t14?,16-,17+,18+,19?,23?/m1/s1. The zero-order chi connectivity index (χ0) is 22.2. The maximum atomic E-state index is 13.7. The van der Waals surface area contributed by atoms with E-state index in [1.807, 2.05) is 0 Å². The Kier molecular flexibility index (Phi) is 6.87. The van der Waals surface area contributed by atoms with Crippen LogP contribution >= 0.6 is 11.8 Å². The topological polar surface area (TPSA) is 98.7 Å². The fraction of sp³-hybridized carbons (Fsp3) is 0.870. The van der Waals surface area contributed by atoms with Gasteiger partial charge in [-0.05, 0) is 44.4 Å². The first kappa shape index (κ1) is 22.9. The molecule has 3 heterocycles. The molecule has 4 fully saturated rings. The molecule has 3 amide bonds. The van der Waals surface area contributed by atoms with E-state index in [0.717, 1.165) is 44.9 Å². The summed E-state index contributed by atoms with van der Waals surface area (Å²) in [5, 5.41) is 15.3. The molecule has 0 aromatic rings. The van der Waals surface area contributed by atoms with E-state index in [4.69, 9.17) is 5.11 Å². The lowest BCUT2D eigenvalue weighted by Gasteiger charge is -2.39. The Morgan fingerprint density at radius 2 is 1.90 bits per heavy atom. The number of rotatable bonds is 8. The van der Waals surface area contributed by atoms with Crippen LogP contribution in [0.3, 0.4) is 0 Å². The molecule has 1 aliphatic carbocycles. The van der Waals surface area contributed by atoms with Crippen LogP contribution in [0.1, 0.15) is 64.7 Å². The number of nitrogens with one attached hydrogen (secondary N) is 2. The molecule has 7 nitrogen and oxygen atoms in total. The van der Waals surface area contributed by atoms with Gasteiger partial charge in [-0.15, -0.1) is 11.8 Å². The van der Waals surface area contributed by atoms with E-state index >= 15 is 0 Å². The van der Waals surface area contributed by atoms with Crippen LogP contribution in [-0.4, -0.2) is 70.0 Å². The van der Waals surface area contributed by atoms with Gasteiger partial charge in [0.25, 0.3) is 0 Å². The van der Waals surface area contributed by atoms with Crippen LogP contribution in [0.25, 0.3) is 0 Å². The van der Waals surface area contributed by atoms with E-state index in [1.165, 1.54) is 6.42 Å². The van der Waals surface area contributed by atoms with Crippen molar-refractivity contribution in [3.8, 4) is 0 Å². The minimum atomic E-state index is -0.519. The van der Waals surface area contributed by atoms with Crippen LogP contribution in [0.5, 0.6) is 0 Å². The van der Waals surface area contributed by atoms with Crippen LogP contribution in [-0.2, 0) is 14.4 Å². The average molecular weight is 452 g/mol. The number of aliphatic hydroxyl groups excluding tert-OH is 1. The van der Waals surface area contributed by atoms with Gasteiger partial charge in [0.1, 0.15) is 6.04 Å². The molecule has 1 spiro atoms. The number of likely N-dealkylation sites (tertiary alicyclic amines) is 1. The number of unbranched alkanes of at least 4 members (excludes halogenated alkanes) is 2. The zero-order valence-electron chi connectivity index (χ0n) is 18.8. The molecule has 4 aliphatic rings. The number of nitrogens with zero attached hydrogens (tertiary/aromatic N) is 1. The highest BCUT2D eigenvalue weighted by Gasteiger charge is 2.75. The predicted octanol–water partition coefficient (Wildman–Crippen LogP) is 1.68. The van der Waals surface area contributed by atoms with Crippen molar-refractivity contribution in [1.29, 1.82) is 0 Å². The molecular weight excluding hydrogens is 414 g/mol. The van der Waals surface area contributed by atoms with Crippen molar-refractivity contribution in [2.45, 2.75) is 86.8 Å². The van der Waals surface area contributed by atoms with Gasteiger partial charge in [-0.1, -0.05) is 26.2 Å². The highest BCUT2D eigenvalue weighted by atomic mass is 32.2. The average Bonchev–Trinajstić information content (AvgIpc) is 3.35. The van der Waals surface area contributed by atoms with E-state index in [2.05, 4.69) is 17.6 Å². The van der Waals surface area contributed by atoms with Gasteiger partial charge in [-0.3, -0.25) is 14.4 Å². The van der Waals surface area contributed by atoms with Gasteiger partial charge in [-0.25, -0.2) is 0 Å².